The van der Waals surface area contributed by atoms with Crippen molar-refractivity contribution in [2.24, 2.45) is 11.8 Å². The summed E-state index contributed by atoms with van der Waals surface area (Å²) in [4.78, 5) is 30.5. The number of amides is 1. The molecule has 1 aliphatic carbocycles. The molecule has 108 valence electrons. The smallest absolute Gasteiger partial charge is 0.256 e. The molecule has 0 N–H and O–H groups in total. The van der Waals surface area contributed by atoms with Crippen molar-refractivity contribution in [3.8, 4) is 0 Å². The zero-order valence-corrected chi connectivity index (χ0v) is 12.1. The van der Waals surface area contributed by atoms with Gasteiger partial charge in [-0.3, -0.25) is 14.2 Å². The number of nitrogens with zero attached hydrogens (tertiary/aromatic N) is 3. The van der Waals surface area contributed by atoms with E-state index in [1.54, 1.807) is 6.92 Å². The quantitative estimate of drug-likeness (QED) is 0.812. The lowest BCUT2D eigenvalue weighted by Crippen LogP contribution is -2.36. The average Bonchev–Trinajstić information content (AvgIpc) is 3.00. The molecule has 1 amide bonds. The average molecular weight is 275 g/mol. The zero-order valence-electron chi connectivity index (χ0n) is 12.1. The van der Waals surface area contributed by atoms with Gasteiger partial charge in [-0.15, -0.1) is 0 Å². The SMILES string of the molecule is Cc1ncn(CC(=O)N2CC3CCCC3C2)c(=O)c1C. The maximum atomic E-state index is 12.3. The second-order valence-corrected chi connectivity index (χ2v) is 6.14. The van der Waals surface area contributed by atoms with Crippen molar-refractivity contribution in [3.05, 3.63) is 27.9 Å². The Hall–Kier alpha value is -1.65. The van der Waals surface area contributed by atoms with Crippen LogP contribution in [0, 0.1) is 25.7 Å². The Morgan fingerprint density at radius 1 is 1.30 bits per heavy atom. The van der Waals surface area contributed by atoms with Crippen LogP contribution < -0.4 is 5.56 Å². The summed E-state index contributed by atoms with van der Waals surface area (Å²) < 4.78 is 1.43. The van der Waals surface area contributed by atoms with E-state index in [0.717, 1.165) is 18.8 Å². The Kier molecular flexibility index (Phi) is 3.36. The van der Waals surface area contributed by atoms with E-state index in [1.807, 2.05) is 11.8 Å². The van der Waals surface area contributed by atoms with E-state index in [0.29, 0.717) is 17.4 Å². The molecule has 0 spiro atoms. The van der Waals surface area contributed by atoms with Gasteiger partial charge >= 0.3 is 0 Å². The molecule has 3 rings (SSSR count). The first-order valence-corrected chi connectivity index (χ1v) is 7.36. The molecule has 1 aromatic rings. The molecule has 2 unspecified atom stereocenters. The van der Waals surface area contributed by atoms with E-state index in [4.69, 9.17) is 0 Å². The van der Waals surface area contributed by atoms with Crippen LogP contribution in [0.4, 0.5) is 0 Å². The molecule has 0 aromatic carbocycles. The van der Waals surface area contributed by atoms with Crippen LogP contribution in [0.25, 0.3) is 0 Å². The van der Waals surface area contributed by atoms with Gasteiger partial charge in [0.15, 0.2) is 0 Å². The largest absolute Gasteiger partial charge is 0.341 e. The van der Waals surface area contributed by atoms with E-state index in [2.05, 4.69) is 4.98 Å². The summed E-state index contributed by atoms with van der Waals surface area (Å²) >= 11 is 0. The third kappa shape index (κ3) is 2.25. The molecular weight excluding hydrogens is 254 g/mol. The summed E-state index contributed by atoms with van der Waals surface area (Å²) in [6.07, 6.45) is 5.29. The topological polar surface area (TPSA) is 55.2 Å². The Balaban J connectivity index is 1.71. The number of aromatic nitrogens is 2. The first-order valence-electron chi connectivity index (χ1n) is 7.36. The van der Waals surface area contributed by atoms with E-state index < -0.39 is 0 Å². The molecule has 5 heteroatoms. The molecule has 1 saturated heterocycles. The summed E-state index contributed by atoms with van der Waals surface area (Å²) in [5.74, 6) is 1.42. The first-order chi connectivity index (χ1) is 9.56. The van der Waals surface area contributed by atoms with E-state index in [-0.39, 0.29) is 18.0 Å². The second-order valence-electron chi connectivity index (χ2n) is 6.14. The molecule has 1 aliphatic heterocycles. The van der Waals surface area contributed by atoms with Gasteiger partial charge in [-0.25, -0.2) is 4.98 Å². The summed E-state index contributed by atoms with van der Waals surface area (Å²) in [7, 11) is 0. The van der Waals surface area contributed by atoms with Crippen molar-refractivity contribution in [3.63, 3.8) is 0 Å². The molecule has 0 radical (unpaired) electrons. The predicted octanol–water partition coefficient (Wildman–Crippen LogP) is 1.12. The van der Waals surface area contributed by atoms with Crippen LogP contribution in [0.15, 0.2) is 11.1 Å². The van der Waals surface area contributed by atoms with E-state index in [1.165, 1.54) is 30.2 Å². The second kappa shape index (κ2) is 5.04. The Bertz CT molecular complexity index is 581. The molecule has 1 aromatic heterocycles. The van der Waals surface area contributed by atoms with Gasteiger partial charge in [-0.1, -0.05) is 6.42 Å². The van der Waals surface area contributed by atoms with Crippen LogP contribution in [0.2, 0.25) is 0 Å². The number of carbonyl (C=O) groups is 1. The molecule has 1 saturated carbocycles. The van der Waals surface area contributed by atoms with Crippen molar-refractivity contribution in [2.45, 2.75) is 39.7 Å². The summed E-state index contributed by atoms with van der Waals surface area (Å²) in [6.45, 7) is 5.43. The lowest BCUT2D eigenvalue weighted by atomic mass is 10.0. The molecule has 20 heavy (non-hydrogen) atoms. The normalized spacial score (nSPS) is 25.0. The number of carbonyl (C=O) groups excluding carboxylic acids is 1. The van der Waals surface area contributed by atoms with Gasteiger partial charge in [0.2, 0.25) is 5.91 Å². The monoisotopic (exact) mass is 275 g/mol. The molecule has 2 atom stereocenters. The minimum Gasteiger partial charge on any atom is -0.341 e. The number of aryl methyl sites for hydroxylation is 1. The van der Waals surface area contributed by atoms with Crippen LogP contribution in [-0.4, -0.2) is 33.4 Å². The van der Waals surface area contributed by atoms with Gasteiger partial charge < -0.3 is 4.90 Å². The standard InChI is InChI=1S/C15H21N3O2/c1-10-11(2)16-9-18(15(10)20)8-14(19)17-6-12-4-3-5-13(12)7-17/h9,12-13H,3-8H2,1-2H3. The minimum absolute atomic E-state index is 0.0477. The van der Waals surface area contributed by atoms with Gasteiger partial charge in [-0.2, -0.15) is 0 Å². The third-order valence-electron chi connectivity index (χ3n) is 4.90. The Morgan fingerprint density at radius 2 is 1.95 bits per heavy atom. The fraction of sp³-hybridized carbons (Fsp3) is 0.667. The highest BCUT2D eigenvalue weighted by Gasteiger charge is 2.37. The third-order valence-corrected chi connectivity index (χ3v) is 4.90. The van der Waals surface area contributed by atoms with E-state index in [9.17, 15) is 9.59 Å². The number of hydrogen-bond donors (Lipinski definition) is 0. The Labute approximate surface area is 118 Å². The van der Waals surface area contributed by atoms with Gasteiger partial charge in [0.1, 0.15) is 6.54 Å². The highest BCUT2D eigenvalue weighted by Crippen LogP contribution is 2.37. The van der Waals surface area contributed by atoms with Crippen molar-refractivity contribution in [1.29, 1.82) is 0 Å². The molecular formula is C15H21N3O2. The molecule has 5 nitrogen and oxygen atoms in total. The van der Waals surface area contributed by atoms with Crippen LogP contribution in [0.3, 0.4) is 0 Å². The summed E-state index contributed by atoms with van der Waals surface area (Å²) in [5.41, 5.74) is 1.25. The van der Waals surface area contributed by atoms with Crippen molar-refractivity contribution in [1.82, 2.24) is 14.5 Å². The molecule has 2 aliphatic rings. The fourth-order valence-corrected chi connectivity index (χ4v) is 3.47. The van der Waals surface area contributed by atoms with Gasteiger partial charge in [0.25, 0.3) is 5.56 Å². The number of hydrogen-bond acceptors (Lipinski definition) is 3. The first kappa shape index (κ1) is 13.3. The van der Waals surface area contributed by atoms with Crippen molar-refractivity contribution in [2.75, 3.05) is 13.1 Å². The molecule has 0 bridgehead atoms. The lowest BCUT2D eigenvalue weighted by molar-refractivity contribution is -0.131. The molecule has 2 fully saturated rings. The van der Waals surface area contributed by atoms with Crippen LogP contribution in [0.5, 0.6) is 0 Å². The minimum atomic E-state index is -0.106. The van der Waals surface area contributed by atoms with Crippen LogP contribution in [-0.2, 0) is 11.3 Å². The van der Waals surface area contributed by atoms with Crippen LogP contribution >= 0.6 is 0 Å². The van der Waals surface area contributed by atoms with E-state index >= 15 is 0 Å². The maximum Gasteiger partial charge on any atom is 0.256 e. The van der Waals surface area contributed by atoms with Crippen molar-refractivity contribution >= 4 is 5.91 Å². The zero-order chi connectivity index (χ0) is 14.3. The van der Waals surface area contributed by atoms with Gasteiger partial charge in [0.05, 0.1) is 6.33 Å². The van der Waals surface area contributed by atoms with Crippen molar-refractivity contribution < 1.29 is 4.79 Å². The lowest BCUT2D eigenvalue weighted by Gasteiger charge is -2.18. The number of rotatable bonds is 2. The highest BCUT2D eigenvalue weighted by atomic mass is 16.2. The maximum absolute atomic E-state index is 12.3. The molecule has 2 heterocycles. The summed E-state index contributed by atoms with van der Waals surface area (Å²) in [5, 5.41) is 0. The fourth-order valence-electron chi connectivity index (χ4n) is 3.47. The number of likely N-dealkylation sites (tertiary alicyclic amines) is 1. The predicted molar refractivity (Wildman–Crippen MR) is 75.4 cm³/mol. The highest BCUT2D eigenvalue weighted by molar-refractivity contribution is 5.76. The Morgan fingerprint density at radius 3 is 2.60 bits per heavy atom. The number of fused-ring (bicyclic) bond motifs is 1. The summed E-state index contributed by atoms with van der Waals surface area (Å²) in [6, 6.07) is 0. The van der Waals surface area contributed by atoms with Gasteiger partial charge in [0, 0.05) is 24.3 Å². The van der Waals surface area contributed by atoms with Crippen LogP contribution in [0.1, 0.15) is 30.5 Å². The van der Waals surface area contributed by atoms with Gasteiger partial charge in [-0.05, 0) is 38.5 Å².